The second-order valence-corrected chi connectivity index (χ2v) is 13.3. The summed E-state index contributed by atoms with van der Waals surface area (Å²) in [5, 5.41) is 94.5. The van der Waals surface area contributed by atoms with Crippen LogP contribution < -0.4 is 0 Å². The number of rotatable bonds is 11. The van der Waals surface area contributed by atoms with Crippen LogP contribution in [0.2, 0.25) is 0 Å². The molecule has 288 valence electrons. The van der Waals surface area contributed by atoms with E-state index in [4.69, 9.17) is 37.9 Å². The van der Waals surface area contributed by atoms with Crippen LogP contribution in [0.1, 0.15) is 34.6 Å². The van der Waals surface area contributed by atoms with E-state index in [1.165, 1.54) is 13.8 Å². The Labute approximate surface area is 286 Å². The number of carbonyl (C=O) groups is 3. The molecule has 0 bridgehead atoms. The molecule has 4 aliphatic heterocycles. The van der Waals surface area contributed by atoms with Crippen molar-refractivity contribution in [2.75, 3.05) is 13.2 Å². The van der Waals surface area contributed by atoms with Gasteiger partial charge in [-0.3, -0.25) is 4.79 Å². The van der Waals surface area contributed by atoms with Crippen molar-refractivity contribution in [1.29, 1.82) is 0 Å². The van der Waals surface area contributed by atoms with Gasteiger partial charge in [-0.2, -0.15) is 0 Å². The minimum absolute atomic E-state index is 0.533. The van der Waals surface area contributed by atoms with Gasteiger partial charge in [0.25, 0.3) is 0 Å². The maximum absolute atomic E-state index is 12.4. The van der Waals surface area contributed by atoms with Crippen LogP contribution in [0.3, 0.4) is 0 Å². The number of esters is 1. The van der Waals surface area contributed by atoms with E-state index in [0.717, 1.165) is 6.92 Å². The molecule has 20 heteroatoms. The Morgan fingerprint density at radius 3 is 1.60 bits per heavy atom. The average molecular weight is 729 g/mol. The van der Waals surface area contributed by atoms with Crippen molar-refractivity contribution in [3.05, 3.63) is 0 Å². The van der Waals surface area contributed by atoms with Gasteiger partial charge in [0.1, 0.15) is 55.4 Å². The maximum atomic E-state index is 12.4. The van der Waals surface area contributed by atoms with Crippen molar-refractivity contribution in [3.63, 3.8) is 0 Å². The summed E-state index contributed by atoms with van der Waals surface area (Å²) in [6.07, 6.45) is -26.8. The normalized spacial score (nSPS) is 48.5. The number of aliphatic carboxylic acids is 2. The molecule has 0 aromatic carbocycles. The van der Waals surface area contributed by atoms with Gasteiger partial charge in [-0.1, -0.05) is 20.8 Å². The maximum Gasteiger partial charge on any atom is 0.335 e. The molecule has 20 atom stereocenters. The van der Waals surface area contributed by atoms with Gasteiger partial charge in [0, 0.05) is 24.7 Å². The molecule has 50 heavy (non-hydrogen) atoms. The third-order valence-electron chi connectivity index (χ3n) is 9.80. The molecule has 0 radical (unpaired) electrons. The monoisotopic (exact) mass is 728 g/mol. The van der Waals surface area contributed by atoms with Gasteiger partial charge in [-0.05, 0) is 6.92 Å². The van der Waals surface area contributed by atoms with Crippen molar-refractivity contribution in [2.45, 2.75) is 139 Å². The fourth-order valence-corrected chi connectivity index (χ4v) is 6.54. The fraction of sp³-hybridized carbons (Fsp3) is 0.900. The summed E-state index contributed by atoms with van der Waals surface area (Å²) >= 11 is 0. The Morgan fingerprint density at radius 2 is 1.06 bits per heavy atom. The van der Waals surface area contributed by atoms with Gasteiger partial charge in [0.2, 0.25) is 0 Å². The average Bonchev–Trinajstić information content (AvgIpc) is 3.05. The van der Waals surface area contributed by atoms with Crippen molar-refractivity contribution in [3.8, 4) is 0 Å². The largest absolute Gasteiger partial charge is 0.479 e. The highest BCUT2D eigenvalue weighted by atomic mass is 16.8. The molecule has 10 unspecified atom stereocenters. The van der Waals surface area contributed by atoms with Gasteiger partial charge >= 0.3 is 17.9 Å². The highest BCUT2D eigenvalue weighted by Gasteiger charge is 2.56. The minimum Gasteiger partial charge on any atom is -0.479 e. The predicted octanol–water partition coefficient (Wildman–Crippen LogP) is -4.10. The molecule has 0 aromatic heterocycles. The first-order valence-corrected chi connectivity index (χ1v) is 16.3. The number of carbonyl (C=O) groups excluding carboxylic acids is 1. The van der Waals surface area contributed by atoms with E-state index in [0.29, 0.717) is 0 Å². The lowest BCUT2D eigenvalue weighted by Gasteiger charge is -2.49. The number of ether oxygens (including phenoxy) is 8. The zero-order valence-electron chi connectivity index (χ0n) is 28.0. The molecule has 4 rings (SSSR count). The molecular weight excluding hydrogens is 680 g/mol. The van der Waals surface area contributed by atoms with Crippen LogP contribution in [-0.4, -0.2) is 181 Å². The van der Waals surface area contributed by atoms with Crippen LogP contribution in [-0.2, 0) is 52.3 Å². The van der Waals surface area contributed by atoms with E-state index in [2.05, 4.69) is 0 Å². The van der Waals surface area contributed by atoms with Gasteiger partial charge < -0.3 is 83.9 Å². The van der Waals surface area contributed by atoms with Crippen LogP contribution in [0.5, 0.6) is 0 Å². The molecule has 4 fully saturated rings. The molecule has 0 spiro atoms. The highest BCUT2D eigenvalue weighted by Crippen LogP contribution is 2.37. The summed E-state index contributed by atoms with van der Waals surface area (Å²) in [6.45, 7) is 5.98. The van der Waals surface area contributed by atoms with E-state index >= 15 is 0 Å². The summed E-state index contributed by atoms with van der Waals surface area (Å²) < 4.78 is 44.8. The zero-order valence-corrected chi connectivity index (χ0v) is 28.0. The van der Waals surface area contributed by atoms with Gasteiger partial charge in [0.15, 0.2) is 31.1 Å². The number of hydrogen-bond acceptors (Lipinski definition) is 18. The van der Waals surface area contributed by atoms with Crippen LogP contribution in [0.15, 0.2) is 0 Å². The van der Waals surface area contributed by atoms with Crippen LogP contribution in [0.4, 0.5) is 0 Å². The topological polar surface area (TPSA) is 307 Å². The SMILES string of the molecule is CC(=O)OCC1O[C@@H](O[C@@H]2C(C(=O)O)O[C@@H](O[C@@H]3C(C)C(C)OC(CO)[C@H]3O)C(O)[C@H]2O)C(C)[C@@H](O[C@@H]2OC(C(=O)O)C(C)[C@H](O)C2O)[C@@H]1O. The summed E-state index contributed by atoms with van der Waals surface area (Å²) in [5.41, 5.74) is 0. The van der Waals surface area contributed by atoms with E-state index < -0.39 is 153 Å². The standard InChI is InChI=1S/C30H48O20/c1-8-11(4)44-13(6-31)16(34)21(8)46-30-20(38)18(36)24(25(50-30)27(41)42)49-28-10(3)22(17(35)14(45-28)7-43-12(5)32)47-29-19(37)15(33)9(2)23(48-29)26(39)40/h8-11,13-25,28-31,33-38H,6-7H2,1-5H3,(H,39,40)(H,41,42)/t8?,9?,10?,11?,13?,14?,15-,16+,17+,18+,19?,20?,21+,22+,23?,24-,25?,28-,29+,30+/m0/s1. The Bertz CT molecular complexity index is 1170. The molecule has 4 aliphatic rings. The molecule has 0 aliphatic carbocycles. The summed E-state index contributed by atoms with van der Waals surface area (Å²) in [6, 6.07) is 0. The first-order valence-electron chi connectivity index (χ1n) is 16.3. The first kappa shape index (κ1) is 40.6. The van der Waals surface area contributed by atoms with Crippen molar-refractivity contribution in [2.24, 2.45) is 17.8 Å². The van der Waals surface area contributed by atoms with Gasteiger partial charge in [-0.25, -0.2) is 9.59 Å². The summed E-state index contributed by atoms with van der Waals surface area (Å²) in [4.78, 5) is 35.8. The van der Waals surface area contributed by atoms with E-state index in [9.17, 15) is 60.3 Å². The quantitative estimate of drug-likeness (QED) is 0.0913. The number of carboxylic acid groups (broad SMARTS) is 2. The van der Waals surface area contributed by atoms with Crippen molar-refractivity contribution >= 4 is 17.9 Å². The minimum atomic E-state index is -2.03. The Hall–Kier alpha value is -2.15. The number of aliphatic hydroxyl groups excluding tert-OH is 7. The fourth-order valence-electron chi connectivity index (χ4n) is 6.54. The smallest absolute Gasteiger partial charge is 0.335 e. The second kappa shape index (κ2) is 16.7. The summed E-state index contributed by atoms with van der Waals surface area (Å²) in [7, 11) is 0. The molecule has 0 aromatic rings. The molecule has 20 nitrogen and oxygen atoms in total. The van der Waals surface area contributed by atoms with E-state index in [1.807, 2.05) is 0 Å². The van der Waals surface area contributed by atoms with Crippen LogP contribution >= 0.6 is 0 Å². The third-order valence-corrected chi connectivity index (χ3v) is 9.80. The first-order chi connectivity index (χ1) is 23.4. The van der Waals surface area contributed by atoms with Crippen molar-refractivity contribution < 1.29 is 98.2 Å². The predicted molar refractivity (Wildman–Crippen MR) is 157 cm³/mol. The molecule has 9 N–H and O–H groups in total. The Morgan fingerprint density at radius 1 is 0.560 bits per heavy atom. The lowest BCUT2D eigenvalue weighted by atomic mass is 9.88. The summed E-state index contributed by atoms with van der Waals surface area (Å²) in [5.74, 6) is -6.61. The van der Waals surface area contributed by atoms with Gasteiger partial charge in [-0.15, -0.1) is 0 Å². The lowest BCUT2D eigenvalue weighted by molar-refractivity contribution is -0.372. The molecule has 0 amide bonds. The molecule has 4 saturated heterocycles. The Balaban J connectivity index is 1.56. The van der Waals surface area contributed by atoms with Crippen LogP contribution in [0.25, 0.3) is 0 Å². The Kier molecular flexibility index (Phi) is 13.5. The highest BCUT2D eigenvalue weighted by molar-refractivity contribution is 5.73. The third kappa shape index (κ3) is 8.39. The number of hydrogen-bond donors (Lipinski definition) is 9. The van der Waals surface area contributed by atoms with Crippen molar-refractivity contribution in [1.82, 2.24) is 0 Å². The van der Waals surface area contributed by atoms with Gasteiger partial charge in [0.05, 0.1) is 31.0 Å². The lowest BCUT2D eigenvalue weighted by Crippen LogP contribution is -2.66. The van der Waals surface area contributed by atoms with Crippen LogP contribution in [0, 0.1) is 17.8 Å². The zero-order chi connectivity index (χ0) is 37.4. The second-order valence-electron chi connectivity index (χ2n) is 13.3. The number of carboxylic acids is 2. The molecule has 4 heterocycles. The molecular formula is C30H48O20. The molecule has 0 saturated carbocycles. The number of aliphatic hydroxyl groups is 7. The van der Waals surface area contributed by atoms with E-state index in [1.54, 1.807) is 13.8 Å². The van der Waals surface area contributed by atoms with E-state index in [-0.39, 0.29) is 0 Å².